The van der Waals surface area contributed by atoms with Crippen molar-refractivity contribution in [3.05, 3.63) is 18.2 Å². The second kappa shape index (κ2) is 4.16. The molecule has 2 rings (SSSR count). The summed E-state index contributed by atoms with van der Waals surface area (Å²) < 4.78 is 15.4. The molecule has 0 amide bonds. The molecule has 0 spiro atoms. The van der Waals surface area contributed by atoms with Gasteiger partial charge in [-0.15, -0.1) is 0 Å². The number of rotatable bonds is 2. The van der Waals surface area contributed by atoms with Gasteiger partial charge in [0.2, 0.25) is 0 Å². The molecule has 1 N–H and O–H groups in total. The molecule has 0 fully saturated rings. The second-order valence-corrected chi connectivity index (χ2v) is 4.10. The van der Waals surface area contributed by atoms with Gasteiger partial charge in [-0.1, -0.05) is 0 Å². The van der Waals surface area contributed by atoms with Crippen molar-refractivity contribution in [3.8, 4) is 11.5 Å². The summed E-state index contributed by atoms with van der Waals surface area (Å²) in [5, 5.41) is 3.12. The molecule has 0 bridgehead atoms. The highest BCUT2D eigenvalue weighted by atomic mass is 16.5. The van der Waals surface area contributed by atoms with Crippen molar-refractivity contribution < 1.29 is 19.0 Å². The minimum atomic E-state index is -0.867. The second-order valence-electron chi connectivity index (χ2n) is 4.10. The van der Waals surface area contributed by atoms with Crippen molar-refractivity contribution in [1.82, 2.24) is 0 Å². The van der Waals surface area contributed by atoms with Crippen LogP contribution in [0, 0.1) is 0 Å². The highest BCUT2D eigenvalue weighted by Crippen LogP contribution is 2.35. The minimum Gasteiger partial charge on any atom is -0.497 e. The summed E-state index contributed by atoms with van der Waals surface area (Å²) in [6.07, 6.45) is 0. The van der Waals surface area contributed by atoms with Crippen molar-refractivity contribution in [3.63, 3.8) is 0 Å². The summed E-state index contributed by atoms with van der Waals surface area (Å²) in [4.78, 5) is 11.7. The molecule has 0 saturated heterocycles. The molecule has 0 aliphatic carbocycles. The zero-order valence-corrected chi connectivity index (χ0v) is 10.1. The number of fused-ring (bicyclic) bond motifs is 1. The van der Waals surface area contributed by atoms with Crippen LogP contribution in [-0.2, 0) is 9.53 Å². The number of carbonyl (C=O) groups excluding carboxylic acids is 1. The molecule has 1 aliphatic heterocycles. The van der Waals surface area contributed by atoms with Crippen molar-refractivity contribution in [2.45, 2.75) is 12.5 Å². The quantitative estimate of drug-likeness (QED) is 0.788. The standard InChI is InChI=1S/C12H15NO4/c1-12(11(14)16-3)7-17-10-5-4-8(15-2)6-9(10)13-12/h4-6,13H,7H2,1-3H3. The van der Waals surface area contributed by atoms with Crippen LogP contribution in [0.15, 0.2) is 18.2 Å². The van der Waals surface area contributed by atoms with Crippen molar-refractivity contribution in [2.24, 2.45) is 0 Å². The van der Waals surface area contributed by atoms with Crippen LogP contribution in [0.4, 0.5) is 5.69 Å². The fraction of sp³-hybridized carbons (Fsp3) is 0.417. The van der Waals surface area contributed by atoms with Gasteiger partial charge in [0.15, 0.2) is 5.54 Å². The highest BCUT2D eigenvalue weighted by Gasteiger charge is 2.39. The van der Waals surface area contributed by atoms with Crippen LogP contribution < -0.4 is 14.8 Å². The average molecular weight is 237 g/mol. The molecular weight excluding hydrogens is 222 g/mol. The van der Waals surface area contributed by atoms with E-state index in [2.05, 4.69) is 5.32 Å². The van der Waals surface area contributed by atoms with E-state index >= 15 is 0 Å². The predicted octanol–water partition coefficient (Wildman–Crippen LogP) is 1.43. The molecule has 1 aliphatic rings. The van der Waals surface area contributed by atoms with E-state index in [1.807, 2.05) is 0 Å². The van der Waals surface area contributed by atoms with E-state index in [1.165, 1.54) is 7.11 Å². The van der Waals surface area contributed by atoms with Crippen LogP contribution >= 0.6 is 0 Å². The minimum absolute atomic E-state index is 0.235. The van der Waals surface area contributed by atoms with Crippen molar-refractivity contribution >= 4 is 11.7 Å². The lowest BCUT2D eigenvalue weighted by Crippen LogP contribution is -2.51. The average Bonchev–Trinajstić information content (AvgIpc) is 2.36. The summed E-state index contributed by atoms with van der Waals surface area (Å²) in [5.74, 6) is 1.05. The molecule has 5 nitrogen and oxygen atoms in total. The van der Waals surface area contributed by atoms with Gasteiger partial charge in [0, 0.05) is 6.07 Å². The molecule has 1 aromatic rings. The SMILES string of the molecule is COC(=O)C1(C)COc2ccc(OC)cc2N1. The number of methoxy groups -OCH3 is 2. The largest absolute Gasteiger partial charge is 0.497 e. The van der Waals surface area contributed by atoms with Gasteiger partial charge in [-0.2, -0.15) is 0 Å². The lowest BCUT2D eigenvalue weighted by atomic mass is 10.0. The van der Waals surface area contributed by atoms with Crippen LogP contribution in [0.1, 0.15) is 6.92 Å². The summed E-state index contributed by atoms with van der Waals surface area (Å²) >= 11 is 0. The third-order valence-electron chi connectivity index (χ3n) is 2.75. The molecule has 0 aromatic heterocycles. The van der Waals surface area contributed by atoms with Gasteiger partial charge in [0.05, 0.1) is 19.9 Å². The number of ether oxygens (including phenoxy) is 3. The topological polar surface area (TPSA) is 56.8 Å². The van der Waals surface area contributed by atoms with Crippen molar-refractivity contribution in [1.29, 1.82) is 0 Å². The monoisotopic (exact) mass is 237 g/mol. The first-order chi connectivity index (χ1) is 8.09. The Morgan fingerprint density at radius 2 is 2.24 bits per heavy atom. The molecule has 1 unspecified atom stereocenters. The van der Waals surface area contributed by atoms with Crippen LogP contribution in [0.3, 0.4) is 0 Å². The van der Waals surface area contributed by atoms with E-state index < -0.39 is 5.54 Å². The number of hydrogen-bond donors (Lipinski definition) is 1. The Kier molecular flexibility index (Phi) is 2.83. The molecule has 0 radical (unpaired) electrons. The van der Waals surface area contributed by atoms with E-state index in [0.29, 0.717) is 11.5 Å². The van der Waals surface area contributed by atoms with Crippen LogP contribution in [-0.4, -0.2) is 32.3 Å². The zero-order chi connectivity index (χ0) is 12.5. The van der Waals surface area contributed by atoms with E-state index in [-0.39, 0.29) is 12.6 Å². The van der Waals surface area contributed by atoms with Gasteiger partial charge in [0.25, 0.3) is 0 Å². The van der Waals surface area contributed by atoms with Gasteiger partial charge in [-0.05, 0) is 19.1 Å². The third kappa shape index (κ3) is 2.00. The molecule has 0 saturated carbocycles. The first-order valence-electron chi connectivity index (χ1n) is 5.26. The zero-order valence-electron chi connectivity index (χ0n) is 10.1. The normalized spacial score (nSPS) is 21.8. The van der Waals surface area contributed by atoms with Gasteiger partial charge < -0.3 is 19.5 Å². The van der Waals surface area contributed by atoms with Crippen LogP contribution in [0.25, 0.3) is 0 Å². The van der Waals surface area contributed by atoms with Gasteiger partial charge in [0.1, 0.15) is 18.1 Å². The molecule has 1 atom stereocenters. The maximum Gasteiger partial charge on any atom is 0.334 e. The Labute approximate surface area is 99.7 Å². The van der Waals surface area contributed by atoms with Crippen molar-refractivity contribution in [2.75, 3.05) is 26.1 Å². The predicted molar refractivity (Wildman–Crippen MR) is 62.5 cm³/mol. The third-order valence-corrected chi connectivity index (χ3v) is 2.75. The Morgan fingerprint density at radius 1 is 1.47 bits per heavy atom. The van der Waals surface area contributed by atoms with E-state index in [4.69, 9.17) is 14.2 Å². The summed E-state index contributed by atoms with van der Waals surface area (Å²) in [7, 11) is 2.95. The summed E-state index contributed by atoms with van der Waals surface area (Å²) in [5.41, 5.74) is -0.141. The lowest BCUT2D eigenvalue weighted by Gasteiger charge is -2.34. The summed E-state index contributed by atoms with van der Waals surface area (Å²) in [6, 6.07) is 5.40. The number of carbonyl (C=O) groups is 1. The van der Waals surface area contributed by atoms with E-state index in [9.17, 15) is 4.79 Å². The van der Waals surface area contributed by atoms with Crippen LogP contribution in [0.5, 0.6) is 11.5 Å². The van der Waals surface area contributed by atoms with E-state index in [0.717, 1.165) is 5.69 Å². The molecule has 1 aromatic carbocycles. The maximum absolute atomic E-state index is 11.7. The summed E-state index contributed by atoms with van der Waals surface area (Å²) in [6.45, 7) is 1.97. The first-order valence-corrected chi connectivity index (χ1v) is 5.26. The van der Waals surface area contributed by atoms with Gasteiger partial charge in [-0.3, -0.25) is 0 Å². The number of esters is 1. The fourth-order valence-electron chi connectivity index (χ4n) is 1.75. The Morgan fingerprint density at radius 3 is 2.88 bits per heavy atom. The molecule has 17 heavy (non-hydrogen) atoms. The number of hydrogen-bond acceptors (Lipinski definition) is 5. The molecule has 5 heteroatoms. The highest BCUT2D eigenvalue weighted by molar-refractivity contribution is 5.86. The Balaban J connectivity index is 2.31. The number of anilines is 1. The van der Waals surface area contributed by atoms with Crippen LogP contribution in [0.2, 0.25) is 0 Å². The maximum atomic E-state index is 11.7. The Hall–Kier alpha value is -1.91. The van der Waals surface area contributed by atoms with Gasteiger partial charge in [-0.25, -0.2) is 4.79 Å². The first kappa shape index (κ1) is 11.6. The molecule has 92 valence electrons. The fourth-order valence-corrected chi connectivity index (χ4v) is 1.75. The molecular formula is C12H15NO4. The van der Waals surface area contributed by atoms with E-state index in [1.54, 1.807) is 32.2 Å². The lowest BCUT2D eigenvalue weighted by molar-refractivity contribution is -0.146. The number of benzene rings is 1. The molecule has 1 heterocycles. The van der Waals surface area contributed by atoms with Gasteiger partial charge >= 0.3 is 5.97 Å². The number of nitrogens with one attached hydrogen (secondary N) is 1. The Bertz CT molecular complexity index is 446. The smallest absolute Gasteiger partial charge is 0.334 e.